The summed E-state index contributed by atoms with van der Waals surface area (Å²) in [6.45, 7) is 3.68. The molecule has 4 N–H and O–H groups in total. The highest BCUT2D eigenvalue weighted by atomic mass is 32.2. The van der Waals surface area contributed by atoms with Crippen LogP contribution in [0.1, 0.15) is 28.5 Å². The Bertz CT molecular complexity index is 1650. The van der Waals surface area contributed by atoms with E-state index in [1.165, 1.54) is 28.9 Å². The molecule has 1 aromatic heterocycles. The molecule has 222 valence electrons. The Morgan fingerprint density at radius 3 is 2.02 bits per heavy atom. The molecule has 2 amide bonds. The molecule has 0 aliphatic carbocycles. The lowest BCUT2D eigenvalue weighted by Gasteiger charge is -2.49. The third-order valence-electron chi connectivity index (χ3n) is 7.61. The van der Waals surface area contributed by atoms with Crippen molar-refractivity contribution in [2.45, 2.75) is 23.1 Å². The standard InChI is InChI=1S/C32H28N6O5S/c1-2-20-19-44-30-25(29(40)38(30)26(20)31(41)42)34-28(39)27(24-18-37(33)36-35-24)43-32(21-12-6-3-7-13-21,22-14-8-4-9-15-22)23-16-10-5-11-17-23/h2-18,25,27,30H,1,19,33H2,(H,34,39)(H,41,42). The van der Waals surface area contributed by atoms with E-state index in [2.05, 4.69) is 22.2 Å². The van der Waals surface area contributed by atoms with Crippen LogP contribution in [-0.4, -0.2) is 60.1 Å². The fourth-order valence-corrected chi connectivity index (χ4v) is 6.93. The first-order chi connectivity index (χ1) is 21.3. The van der Waals surface area contributed by atoms with Gasteiger partial charge in [0.2, 0.25) is 0 Å². The van der Waals surface area contributed by atoms with Crippen molar-refractivity contribution in [3.05, 3.63) is 144 Å². The van der Waals surface area contributed by atoms with Gasteiger partial charge in [-0.3, -0.25) is 14.5 Å². The summed E-state index contributed by atoms with van der Waals surface area (Å²) >= 11 is 1.34. The SMILES string of the molecule is C=CC1=C(C(=O)O)N2C(=O)C(NC(=O)C(OC(c3ccccc3)(c3ccccc3)c3ccccc3)c3cn(N)nn3)C2SC1. The van der Waals surface area contributed by atoms with Crippen molar-refractivity contribution < 1.29 is 24.2 Å². The highest BCUT2D eigenvalue weighted by Gasteiger charge is 2.55. The topological polar surface area (TPSA) is 153 Å². The molecule has 2 aliphatic rings. The van der Waals surface area contributed by atoms with Crippen molar-refractivity contribution >= 4 is 29.5 Å². The van der Waals surface area contributed by atoms with Crippen molar-refractivity contribution in [2.75, 3.05) is 11.6 Å². The van der Waals surface area contributed by atoms with Gasteiger partial charge in [-0.1, -0.05) is 104 Å². The van der Waals surface area contributed by atoms with Gasteiger partial charge in [-0.25, -0.2) is 4.79 Å². The molecule has 0 spiro atoms. The Labute approximate surface area is 257 Å². The molecule has 4 aromatic rings. The minimum absolute atomic E-state index is 0.122. The summed E-state index contributed by atoms with van der Waals surface area (Å²) in [5.41, 5.74) is 1.37. The Morgan fingerprint density at radius 2 is 1.57 bits per heavy atom. The Balaban J connectivity index is 1.42. The average molecular weight is 609 g/mol. The summed E-state index contributed by atoms with van der Waals surface area (Å²) in [4.78, 5) is 41.7. The molecule has 2 aliphatic heterocycles. The van der Waals surface area contributed by atoms with Crippen LogP contribution in [0.25, 0.3) is 0 Å². The number of carboxylic acids is 1. The number of nitrogens with one attached hydrogen (secondary N) is 1. The molecule has 3 heterocycles. The summed E-state index contributed by atoms with van der Waals surface area (Å²) in [6.07, 6.45) is 1.42. The zero-order valence-electron chi connectivity index (χ0n) is 23.3. The van der Waals surface area contributed by atoms with Crippen LogP contribution >= 0.6 is 11.8 Å². The molecule has 44 heavy (non-hydrogen) atoms. The van der Waals surface area contributed by atoms with Gasteiger partial charge in [0.25, 0.3) is 11.8 Å². The van der Waals surface area contributed by atoms with Crippen LogP contribution in [-0.2, 0) is 24.7 Å². The van der Waals surface area contributed by atoms with Crippen LogP contribution in [0.3, 0.4) is 0 Å². The third kappa shape index (κ3) is 4.93. The van der Waals surface area contributed by atoms with Gasteiger partial charge >= 0.3 is 5.97 Å². The molecule has 3 aromatic carbocycles. The van der Waals surface area contributed by atoms with Crippen LogP contribution in [0.5, 0.6) is 0 Å². The fraction of sp³-hybridized carbons (Fsp3) is 0.156. The van der Waals surface area contributed by atoms with Crippen molar-refractivity contribution in [2.24, 2.45) is 0 Å². The minimum atomic E-state index is -1.39. The average Bonchev–Trinajstić information content (AvgIpc) is 3.50. The van der Waals surface area contributed by atoms with E-state index >= 15 is 0 Å². The van der Waals surface area contributed by atoms with E-state index in [-0.39, 0.29) is 11.4 Å². The number of hydrogen-bond donors (Lipinski definition) is 3. The molecule has 1 saturated heterocycles. The van der Waals surface area contributed by atoms with Crippen LogP contribution in [0.2, 0.25) is 0 Å². The lowest BCUT2D eigenvalue weighted by molar-refractivity contribution is -0.154. The summed E-state index contributed by atoms with van der Waals surface area (Å²) in [6, 6.07) is 27.5. The van der Waals surface area contributed by atoms with Crippen LogP contribution < -0.4 is 11.2 Å². The first-order valence-electron chi connectivity index (χ1n) is 13.7. The first-order valence-corrected chi connectivity index (χ1v) is 14.8. The van der Waals surface area contributed by atoms with Crippen LogP contribution in [0.15, 0.2) is 121 Å². The van der Waals surface area contributed by atoms with Gasteiger partial charge in [0.05, 0.1) is 6.20 Å². The maximum Gasteiger partial charge on any atom is 0.352 e. The van der Waals surface area contributed by atoms with Gasteiger partial charge in [0.15, 0.2) is 6.10 Å². The molecule has 0 bridgehead atoms. The normalized spacial score (nSPS) is 18.6. The first kappa shape index (κ1) is 28.9. The van der Waals surface area contributed by atoms with E-state index in [4.69, 9.17) is 10.6 Å². The zero-order valence-corrected chi connectivity index (χ0v) is 24.1. The highest BCUT2D eigenvalue weighted by molar-refractivity contribution is 8.00. The van der Waals surface area contributed by atoms with E-state index in [1.807, 2.05) is 91.0 Å². The number of nitrogen functional groups attached to an aromatic ring is 1. The lowest BCUT2D eigenvalue weighted by Crippen LogP contribution is -2.71. The molecule has 3 unspecified atom stereocenters. The second kappa shape index (κ2) is 11.8. The number of rotatable bonds is 10. The highest BCUT2D eigenvalue weighted by Crippen LogP contribution is 2.45. The van der Waals surface area contributed by atoms with Gasteiger partial charge in [0.1, 0.15) is 28.4 Å². The van der Waals surface area contributed by atoms with Gasteiger partial charge < -0.3 is 21.0 Å². The molecular formula is C32H28N6O5S. The smallest absolute Gasteiger partial charge is 0.352 e. The Morgan fingerprint density at radius 1 is 1.02 bits per heavy atom. The number of carbonyl (C=O) groups excluding carboxylic acids is 2. The van der Waals surface area contributed by atoms with Crippen molar-refractivity contribution in [3.63, 3.8) is 0 Å². The number of benzene rings is 3. The number of aliphatic carboxylic acids is 1. The number of carboxylic acid groups (broad SMARTS) is 1. The predicted octanol–water partition coefficient (Wildman–Crippen LogP) is 2.97. The number of carbonyl (C=O) groups is 3. The number of nitrogens with zero attached hydrogens (tertiary/aromatic N) is 4. The number of allylic oxidation sites excluding steroid dienone is 1. The van der Waals surface area contributed by atoms with Crippen molar-refractivity contribution in [1.82, 2.24) is 25.3 Å². The molecule has 12 heteroatoms. The summed E-state index contributed by atoms with van der Waals surface area (Å²) in [7, 11) is 0. The number of β-lactam (4-membered cyclic amide) rings is 1. The van der Waals surface area contributed by atoms with Gasteiger partial charge in [-0.2, -0.15) is 4.79 Å². The van der Waals surface area contributed by atoms with Crippen molar-refractivity contribution in [3.8, 4) is 0 Å². The largest absolute Gasteiger partial charge is 0.477 e. The van der Waals surface area contributed by atoms with E-state index in [1.54, 1.807) is 0 Å². The number of hydrogen-bond acceptors (Lipinski definition) is 8. The molecule has 0 radical (unpaired) electrons. The van der Waals surface area contributed by atoms with Crippen LogP contribution in [0, 0.1) is 0 Å². The molecule has 1 fully saturated rings. The van der Waals surface area contributed by atoms with Gasteiger partial charge in [-0.05, 0) is 27.5 Å². The summed E-state index contributed by atoms with van der Waals surface area (Å²) in [5, 5.41) is 19.9. The minimum Gasteiger partial charge on any atom is -0.477 e. The second-order valence-corrected chi connectivity index (χ2v) is 11.3. The zero-order chi connectivity index (χ0) is 30.8. The number of thioether (sulfide) groups is 1. The number of aromatic nitrogens is 3. The third-order valence-corrected chi connectivity index (χ3v) is 8.92. The molecular weight excluding hydrogens is 580 g/mol. The Kier molecular flexibility index (Phi) is 7.77. The van der Waals surface area contributed by atoms with E-state index in [0.29, 0.717) is 11.3 Å². The monoisotopic (exact) mass is 608 g/mol. The Hall–Kier alpha value is -5.20. The molecule has 11 nitrogen and oxygen atoms in total. The van der Waals surface area contributed by atoms with E-state index in [0.717, 1.165) is 21.5 Å². The second-order valence-electron chi connectivity index (χ2n) is 10.2. The molecule has 3 atom stereocenters. The summed E-state index contributed by atoms with van der Waals surface area (Å²) < 4.78 is 6.96. The van der Waals surface area contributed by atoms with Gasteiger partial charge in [0, 0.05) is 5.75 Å². The summed E-state index contributed by atoms with van der Waals surface area (Å²) in [5.74, 6) is 3.74. The lowest BCUT2D eigenvalue weighted by atomic mass is 9.79. The number of amides is 2. The van der Waals surface area contributed by atoms with Crippen LogP contribution in [0.4, 0.5) is 0 Å². The maximum absolute atomic E-state index is 14.2. The van der Waals surface area contributed by atoms with E-state index < -0.39 is 40.9 Å². The fourth-order valence-electron chi connectivity index (χ4n) is 5.59. The number of ether oxygens (including phenoxy) is 1. The van der Waals surface area contributed by atoms with E-state index in [9.17, 15) is 19.5 Å². The van der Waals surface area contributed by atoms with Crippen molar-refractivity contribution in [1.29, 1.82) is 0 Å². The predicted molar refractivity (Wildman–Crippen MR) is 163 cm³/mol. The van der Waals surface area contributed by atoms with Gasteiger partial charge in [-0.15, -0.1) is 16.9 Å². The number of fused-ring (bicyclic) bond motifs is 1. The number of nitrogens with two attached hydrogens (primary N) is 1. The quantitative estimate of drug-likeness (QED) is 0.140. The maximum atomic E-state index is 14.2. The molecule has 0 saturated carbocycles. The molecule has 6 rings (SSSR count).